The Labute approximate surface area is 127 Å². The molecule has 0 aliphatic rings. The van der Waals surface area contributed by atoms with Crippen LogP contribution in [0.15, 0.2) is 41.0 Å². The lowest BCUT2D eigenvalue weighted by Crippen LogP contribution is -2.33. The summed E-state index contributed by atoms with van der Waals surface area (Å²) in [5.41, 5.74) is 1.13. The molecule has 0 saturated carbocycles. The van der Waals surface area contributed by atoms with Gasteiger partial charge in [-0.25, -0.2) is 0 Å². The number of aliphatic hydroxyl groups excluding tert-OH is 1. The fourth-order valence-electron chi connectivity index (χ4n) is 2.03. The van der Waals surface area contributed by atoms with Crippen LogP contribution in [0.5, 0.6) is 5.75 Å². The van der Waals surface area contributed by atoms with Crippen LogP contribution in [0.2, 0.25) is 5.22 Å². The molecule has 0 fully saturated rings. The van der Waals surface area contributed by atoms with Crippen LogP contribution < -0.4 is 4.74 Å². The number of hydrogen-bond donors (Lipinski definition) is 1. The van der Waals surface area contributed by atoms with E-state index in [1.54, 1.807) is 7.11 Å². The molecule has 112 valence electrons. The molecule has 6 heteroatoms. The summed E-state index contributed by atoms with van der Waals surface area (Å²) >= 11 is 5.84. The van der Waals surface area contributed by atoms with E-state index in [1.165, 1.54) is 17.2 Å². The number of nitrogens with zero attached hydrogens (tertiary/aromatic N) is 1. The first kappa shape index (κ1) is 15.4. The predicted octanol–water partition coefficient (Wildman–Crippen LogP) is 2.58. The molecule has 2 aromatic rings. The van der Waals surface area contributed by atoms with Gasteiger partial charge < -0.3 is 19.2 Å². The van der Waals surface area contributed by atoms with E-state index < -0.39 is 0 Å². The van der Waals surface area contributed by atoms with Crippen LogP contribution in [0.3, 0.4) is 0 Å². The monoisotopic (exact) mass is 309 g/mol. The summed E-state index contributed by atoms with van der Waals surface area (Å²) in [5.74, 6) is 0.389. The minimum absolute atomic E-state index is 0.0444. The highest BCUT2D eigenvalue weighted by Gasteiger charge is 2.21. The number of methoxy groups -OCH3 is 1. The molecule has 0 saturated heterocycles. The normalized spacial score (nSPS) is 10.4. The highest BCUT2D eigenvalue weighted by molar-refractivity contribution is 6.32. The van der Waals surface area contributed by atoms with Gasteiger partial charge in [0, 0.05) is 18.7 Å². The van der Waals surface area contributed by atoms with E-state index in [9.17, 15) is 9.90 Å². The van der Waals surface area contributed by atoms with Crippen LogP contribution in [0.4, 0.5) is 0 Å². The molecular weight excluding hydrogens is 294 g/mol. The minimum Gasteiger partial charge on any atom is -0.496 e. The van der Waals surface area contributed by atoms with Crippen molar-refractivity contribution in [3.05, 3.63) is 52.9 Å². The second-order valence-corrected chi connectivity index (χ2v) is 4.71. The summed E-state index contributed by atoms with van der Waals surface area (Å²) in [6, 6.07) is 8.92. The number of halogens is 1. The van der Waals surface area contributed by atoms with Crippen molar-refractivity contribution >= 4 is 17.5 Å². The van der Waals surface area contributed by atoms with E-state index in [0.717, 1.165) is 5.56 Å². The Bertz CT molecular complexity index is 611. The van der Waals surface area contributed by atoms with Crippen molar-refractivity contribution in [1.82, 2.24) is 4.90 Å². The van der Waals surface area contributed by atoms with Gasteiger partial charge in [-0.05, 0) is 23.7 Å². The lowest BCUT2D eigenvalue weighted by Gasteiger charge is -2.22. The maximum absolute atomic E-state index is 12.5. The van der Waals surface area contributed by atoms with Crippen molar-refractivity contribution in [2.24, 2.45) is 0 Å². The van der Waals surface area contributed by atoms with Crippen molar-refractivity contribution in [2.75, 3.05) is 20.3 Å². The molecule has 0 spiro atoms. The van der Waals surface area contributed by atoms with Gasteiger partial charge in [-0.2, -0.15) is 0 Å². The Hall–Kier alpha value is -1.98. The Morgan fingerprint density at radius 1 is 1.38 bits per heavy atom. The number of carbonyl (C=O) groups excluding carboxylic acids is 1. The van der Waals surface area contributed by atoms with Crippen LogP contribution in [-0.4, -0.2) is 36.2 Å². The fourth-order valence-corrected chi connectivity index (χ4v) is 2.22. The second-order valence-electron chi connectivity index (χ2n) is 4.37. The summed E-state index contributed by atoms with van der Waals surface area (Å²) in [4.78, 5) is 13.9. The third-order valence-corrected chi connectivity index (χ3v) is 3.35. The smallest absolute Gasteiger partial charge is 0.259 e. The number of aliphatic hydroxyl groups is 1. The average molecular weight is 310 g/mol. The molecule has 5 nitrogen and oxygen atoms in total. The van der Waals surface area contributed by atoms with E-state index in [2.05, 4.69) is 0 Å². The quantitative estimate of drug-likeness (QED) is 0.891. The predicted molar refractivity (Wildman–Crippen MR) is 78.5 cm³/mol. The highest BCUT2D eigenvalue weighted by atomic mass is 35.5. The average Bonchev–Trinajstić information content (AvgIpc) is 2.92. The molecule has 0 atom stereocenters. The number of rotatable bonds is 6. The summed E-state index contributed by atoms with van der Waals surface area (Å²) in [6.45, 7) is 0.361. The molecule has 1 N–H and O–H groups in total. The van der Waals surface area contributed by atoms with Gasteiger partial charge in [-0.3, -0.25) is 4.79 Å². The first-order chi connectivity index (χ1) is 10.2. The van der Waals surface area contributed by atoms with Crippen LogP contribution in [0.25, 0.3) is 0 Å². The molecule has 0 aliphatic carbocycles. The Kier molecular flexibility index (Phi) is 5.25. The standard InChI is InChI=1S/C15H16ClNO4/c1-20-13-5-3-2-4-11(13)10-17(7-8-18)15(19)12-6-9-21-14(12)16/h2-6,9,18H,7-8,10H2,1H3. The summed E-state index contributed by atoms with van der Waals surface area (Å²) in [5, 5.41) is 9.22. The lowest BCUT2D eigenvalue weighted by atomic mass is 10.1. The van der Waals surface area contributed by atoms with Gasteiger partial charge >= 0.3 is 0 Å². The van der Waals surface area contributed by atoms with Gasteiger partial charge in [0.05, 0.1) is 25.5 Å². The zero-order valence-electron chi connectivity index (χ0n) is 11.6. The summed E-state index contributed by atoms with van der Waals surface area (Å²) in [7, 11) is 1.57. The first-order valence-electron chi connectivity index (χ1n) is 6.42. The number of ether oxygens (including phenoxy) is 1. The minimum atomic E-state index is -0.297. The van der Waals surface area contributed by atoms with Gasteiger partial charge in [0.25, 0.3) is 5.91 Å². The zero-order chi connectivity index (χ0) is 15.2. The van der Waals surface area contributed by atoms with E-state index in [-0.39, 0.29) is 29.8 Å². The number of hydrogen-bond acceptors (Lipinski definition) is 4. The Morgan fingerprint density at radius 3 is 2.76 bits per heavy atom. The highest BCUT2D eigenvalue weighted by Crippen LogP contribution is 2.23. The number of benzene rings is 1. The van der Waals surface area contributed by atoms with Crippen molar-refractivity contribution in [3.63, 3.8) is 0 Å². The van der Waals surface area contributed by atoms with E-state index in [1.807, 2.05) is 24.3 Å². The van der Waals surface area contributed by atoms with Crippen LogP contribution in [0, 0.1) is 0 Å². The van der Waals surface area contributed by atoms with Gasteiger partial charge in [0.2, 0.25) is 5.22 Å². The summed E-state index contributed by atoms with van der Waals surface area (Å²) < 4.78 is 10.2. The molecule has 21 heavy (non-hydrogen) atoms. The maximum atomic E-state index is 12.5. The van der Waals surface area contributed by atoms with Gasteiger partial charge in [-0.1, -0.05) is 18.2 Å². The zero-order valence-corrected chi connectivity index (χ0v) is 12.3. The molecule has 0 aliphatic heterocycles. The largest absolute Gasteiger partial charge is 0.496 e. The molecule has 1 amide bonds. The van der Waals surface area contributed by atoms with Gasteiger partial charge in [-0.15, -0.1) is 0 Å². The number of carbonyl (C=O) groups is 1. The third-order valence-electron chi connectivity index (χ3n) is 3.06. The van der Waals surface area contributed by atoms with Crippen LogP contribution in [0.1, 0.15) is 15.9 Å². The van der Waals surface area contributed by atoms with Crippen LogP contribution >= 0.6 is 11.6 Å². The van der Waals surface area contributed by atoms with Crippen molar-refractivity contribution < 1.29 is 19.1 Å². The molecule has 1 aromatic carbocycles. The first-order valence-corrected chi connectivity index (χ1v) is 6.80. The van der Waals surface area contributed by atoms with Gasteiger partial charge in [0.1, 0.15) is 5.75 Å². The Balaban J connectivity index is 2.23. The maximum Gasteiger partial charge on any atom is 0.259 e. The van der Waals surface area contributed by atoms with Crippen molar-refractivity contribution in [2.45, 2.75) is 6.54 Å². The number of para-hydroxylation sites is 1. The SMILES string of the molecule is COc1ccccc1CN(CCO)C(=O)c1ccoc1Cl. The van der Waals surface area contributed by atoms with Gasteiger partial charge in [0.15, 0.2) is 0 Å². The van der Waals surface area contributed by atoms with Crippen molar-refractivity contribution in [1.29, 1.82) is 0 Å². The lowest BCUT2D eigenvalue weighted by molar-refractivity contribution is 0.0706. The Morgan fingerprint density at radius 2 is 2.14 bits per heavy atom. The molecular formula is C15H16ClNO4. The fraction of sp³-hybridized carbons (Fsp3) is 0.267. The summed E-state index contributed by atoms with van der Waals surface area (Å²) in [6.07, 6.45) is 1.36. The van der Waals surface area contributed by atoms with Crippen molar-refractivity contribution in [3.8, 4) is 5.75 Å². The van der Waals surface area contributed by atoms with E-state index in [4.69, 9.17) is 20.8 Å². The second kappa shape index (κ2) is 7.15. The molecule has 0 bridgehead atoms. The molecule has 1 heterocycles. The van der Waals surface area contributed by atoms with E-state index >= 15 is 0 Å². The topological polar surface area (TPSA) is 62.9 Å². The molecule has 0 radical (unpaired) electrons. The molecule has 0 unspecified atom stereocenters. The number of amides is 1. The molecule has 1 aromatic heterocycles. The third kappa shape index (κ3) is 3.56. The molecule has 2 rings (SSSR count). The van der Waals surface area contributed by atoms with Crippen LogP contribution in [-0.2, 0) is 6.54 Å². The number of furan rings is 1. The van der Waals surface area contributed by atoms with E-state index in [0.29, 0.717) is 12.3 Å².